The van der Waals surface area contributed by atoms with E-state index < -0.39 is 0 Å². The Morgan fingerprint density at radius 3 is 3.06 bits per heavy atom. The summed E-state index contributed by atoms with van der Waals surface area (Å²) in [6.07, 6.45) is 0. The average molecular weight is 261 g/mol. The van der Waals surface area contributed by atoms with Gasteiger partial charge in [0.05, 0.1) is 0 Å². The van der Waals surface area contributed by atoms with Gasteiger partial charge in [0.2, 0.25) is 5.13 Å². The smallest absolute Gasteiger partial charge is 0.227 e. The van der Waals surface area contributed by atoms with Crippen molar-refractivity contribution in [2.45, 2.75) is 13.5 Å². The predicted octanol–water partition coefficient (Wildman–Crippen LogP) is 2.02. The molecule has 0 radical (unpaired) electrons. The zero-order chi connectivity index (χ0) is 12.5. The Morgan fingerprint density at radius 2 is 2.28 bits per heavy atom. The van der Waals surface area contributed by atoms with Gasteiger partial charge in [0.25, 0.3) is 0 Å². The molecule has 7 heteroatoms. The summed E-state index contributed by atoms with van der Waals surface area (Å²) in [6, 6.07) is 6.00. The average Bonchev–Trinajstić information content (AvgIpc) is 2.95. The molecule has 3 rings (SSSR count). The molecule has 92 valence electrons. The third-order valence-corrected chi connectivity index (χ3v) is 3.31. The number of hydrogen-bond donors (Lipinski definition) is 0. The molecule has 18 heavy (non-hydrogen) atoms. The lowest BCUT2D eigenvalue weighted by atomic mass is 10.2. The van der Waals surface area contributed by atoms with Gasteiger partial charge in [0, 0.05) is 32.0 Å². The highest BCUT2D eigenvalue weighted by molar-refractivity contribution is 7.09. The summed E-state index contributed by atoms with van der Waals surface area (Å²) in [6.45, 7) is 2.57. The van der Waals surface area contributed by atoms with E-state index in [2.05, 4.69) is 19.8 Å². The van der Waals surface area contributed by atoms with Crippen molar-refractivity contribution in [1.29, 1.82) is 0 Å². The van der Waals surface area contributed by atoms with Gasteiger partial charge in [-0.2, -0.15) is 0 Å². The van der Waals surface area contributed by atoms with E-state index in [0.717, 1.165) is 28.3 Å². The predicted molar refractivity (Wildman–Crippen MR) is 68.6 cm³/mol. The summed E-state index contributed by atoms with van der Waals surface area (Å²) in [7, 11) is 1.96. The first-order valence-corrected chi connectivity index (χ1v) is 6.22. The maximum absolute atomic E-state index is 5.51. The monoisotopic (exact) mass is 261 g/mol. The van der Waals surface area contributed by atoms with E-state index >= 15 is 0 Å². The lowest BCUT2D eigenvalue weighted by molar-refractivity contribution is 0.560. The summed E-state index contributed by atoms with van der Waals surface area (Å²) < 4.78 is 9.26. The minimum Gasteiger partial charge on any atom is -0.441 e. The number of oxazole rings is 1. The first-order valence-electron chi connectivity index (χ1n) is 5.44. The van der Waals surface area contributed by atoms with E-state index in [0.29, 0.717) is 5.89 Å². The van der Waals surface area contributed by atoms with Crippen molar-refractivity contribution in [3.05, 3.63) is 29.7 Å². The molecule has 3 aromatic rings. The van der Waals surface area contributed by atoms with Crippen LogP contribution >= 0.6 is 11.5 Å². The number of benzene rings is 1. The maximum atomic E-state index is 5.51. The number of nitrogens with zero attached hydrogens (tertiary/aromatic N) is 5. The second-order valence-corrected chi connectivity index (χ2v) is 4.75. The molecule has 0 fully saturated rings. The van der Waals surface area contributed by atoms with Crippen LogP contribution in [0.25, 0.3) is 11.1 Å². The summed E-state index contributed by atoms with van der Waals surface area (Å²) >= 11 is 1.28. The van der Waals surface area contributed by atoms with Gasteiger partial charge in [-0.05, 0) is 22.9 Å². The van der Waals surface area contributed by atoms with Crippen LogP contribution in [0.4, 0.5) is 5.13 Å². The number of anilines is 1. The number of aromatic nitrogens is 4. The van der Waals surface area contributed by atoms with Crippen LogP contribution in [-0.2, 0) is 6.54 Å². The molecule has 0 amide bonds. The van der Waals surface area contributed by atoms with Gasteiger partial charge in [-0.15, -0.1) is 0 Å². The molecule has 0 N–H and O–H groups in total. The molecule has 0 bridgehead atoms. The molecule has 0 spiro atoms. The molecule has 0 saturated heterocycles. The molecule has 0 saturated carbocycles. The normalized spacial score (nSPS) is 11.0. The molecule has 0 unspecified atom stereocenters. The SMILES string of the molecule is Cc1nc2ccc(CN(C)c3nnns3)cc2o1. The van der Waals surface area contributed by atoms with Crippen LogP contribution in [0.5, 0.6) is 0 Å². The number of fused-ring (bicyclic) bond motifs is 1. The van der Waals surface area contributed by atoms with Gasteiger partial charge < -0.3 is 9.32 Å². The highest BCUT2D eigenvalue weighted by Crippen LogP contribution is 2.19. The van der Waals surface area contributed by atoms with Crippen LogP contribution in [0.1, 0.15) is 11.5 Å². The van der Waals surface area contributed by atoms with Crippen LogP contribution < -0.4 is 4.90 Å². The molecule has 1 aromatic carbocycles. The van der Waals surface area contributed by atoms with Crippen molar-refractivity contribution < 1.29 is 4.42 Å². The second-order valence-electron chi connectivity index (χ2n) is 4.04. The van der Waals surface area contributed by atoms with Gasteiger partial charge in [-0.3, -0.25) is 0 Å². The molecule has 0 aliphatic carbocycles. The molecule has 0 atom stereocenters. The third-order valence-electron chi connectivity index (χ3n) is 2.60. The lowest BCUT2D eigenvalue weighted by Crippen LogP contribution is -2.15. The fourth-order valence-corrected chi connectivity index (χ4v) is 2.22. The summed E-state index contributed by atoms with van der Waals surface area (Å²) in [5.41, 5.74) is 2.83. The molecule has 0 aliphatic heterocycles. The van der Waals surface area contributed by atoms with Crippen molar-refractivity contribution in [1.82, 2.24) is 19.8 Å². The zero-order valence-electron chi connectivity index (χ0n) is 9.99. The van der Waals surface area contributed by atoms with Crippen molar-refractivity contribution >= 4 is 27.8 Å². The number of aryl methyl sites for hydroxylation is 1. The van der Waals surface area contributed by atoms with Crippen molar-refractivity contribution in [3.8, 4) is 0 Å². The second kappa shape index (κ2) is 4.34. The van der Waals surface area contributed by atoms with Gasteiger partial charge in [0.1, 0.15) is 5.52 Å². The van der Waals surface area contributed by atoms with Gasteiger partial charge >= 0.3 is 0 Å². The lowest BCUT2D eigenvalue weighted by Gasteiger charge is -2.13. The molecule has 0 aliphatic rings. The van der Waals surface area contributed by atoms with Crippen LogP contribution in [0.2, 0.25) is 0 Å². The summed E-state index contributed by atoms with van der Waals surface area (Å²) in [5, 5.41) is 8.31. The zero-order valence-corrected chi connectivity index (χ0v) is 10.8. The van der Waals surface area contributed by atoms with E-state index in [-0.39, 0.29) is 0 Å². The van der Waals surface area contributed by atoms with E-state index in [4.69, 9.17) is 4.42 Å². The first-order chi connectivity index (χ1) is 8.72. The van der Waals surface area contributed by atoms with Crippen LogP contribution in [-0.4, -0.2) is 26.8 Å². The summed E-state index contributed by atoms with van der Waals surface area (Å²) in [4.78, 5) is 6.27. The number of rotatable bonds is 3. The maximum Gasteiger partial charge on any atom is 0.227 e. The molecule has 2 heterocycles. The van der Waals surface area contributed by atoms with E-state index in [1.165, 1.54) is 11.5 Å². The van der Waals surface area contributed by atoms with Crippen molar-refractivity contribution in [2.24, 2.45) is 0 Å². The molecule has 6 nitrogen and oxygen atoms in total. The Labute approximate surface area is 107 Å². The Kier molecular flexibility index (Phi) is 2.67. The topological polar surface area (TPSA) is 67.9 Å². The fourth-order valence-electron chi connectivity index (χ4n) is 1.80. The van der Waals surface area contributed by atoms with Crippen LogP contribution in [0.3, 0.4) is 0 Å². The van der Waals surface area contributed by atoms with Crippen molar-refractivity contribution in [2.75, 3.05) is 11.9 Å². The summed E-state index contributed by atoms with van der Waals surface area (Å²) in [5.74, 6) is 0.684. The van der Waals surface area contributed by atoms with Crippen molar-refractivity contribution in [3.63, 3.8) is 0 Å². The van der Waals surface area contributed by atoms with Gasteiger partial charge in [-0.25, -0.2) is 4.98 Å². The van der Waals surface area contributed by atoms with Crippen LogP contribution in [0, 0.1) is 6.92 Å². The highest BCUT2D eigenvalue weighted by atomic mass is 32.1. The highest BCUT2D eigenvalue weighted by Gasteiger charge is 2.08. The fraction of sp³-hybridized carbons (Fsp3) is 0.273. The Bertz CT molecular complexity index is 663. The standard InChI is InChI=1S/C11H11N5OS/c1-7-12-9-4-3-8(5-10(9)17-7)6-16(2)11-13-14-15-18-11/h3-5H,6H2,1-2H3. The number of hydrogen-bond acceptors (Lipinski definition) is 7. The quantitative estimate of drug-likeness (QED) is 0.718. The minimum absolute atomic E-state index is 0.684. The largest absolute Gasteiger partial charge is 0.441 e. The minimum atomic E-state index is 0.684. The van der Waals surface area contributed by atoms with Gasteiger partial charge in [-0.1, -0.05) is 15.7 Å². The van der Waals surface area contributed by atoms with E-state index in [1.54, 1.807) is 0 Å². The first kappa shape index (κ1) is 11.1. The Morgan fingerprint density at radius 1 is 1.39 bits per heavy atom. The van der Waals surface area contributed by atoms with Gasteiger partial charge in [0.15, 0.2) is 11.5 Å². The van der Waals surface area contributed by atoms with E-state index in [9.17, 15) is 0 Å². The molecular formula is C11H11N5OS. The molecule has 2 aromatic heterocycles. The van der Waals surface area contributed by atoms with Crippen LogP contribution in [0.15, 0.2) is 22.6 Å². The van der Waals surface area contributed by atoms with E-state index in [1.807, 2.05) is 37.1 Å². The Hall–Kier alpha value is -2.02. The Balaban J connectivity index is 1.86. The molecular weight excluding hydrogens is 250 g/mol. The third kappa shape index (κ3) is 2.04.